The number of nitrogens with zero attached hydrogens (tertiary/aromatic N) is 1. The lowest BCUT2D eigenvalue weighted by atomic mass is 10.2. The molecule has 0 aliphatic carbocycles. The minimum absolute atomic E-state index is 0.107. The topological polar surface area (TPSA) is 109 Å². The van der Waals surface area contributed by atoms with Crippen molar-refractivity contribution in [2.45, 2.75) is 26.3 Å². The van der Waals surface area contributed by atoms with E-state index in [0.29, 0.717) is 33.5 Å². The lowest BCUT2D eigenvalue weighted by molar-refractivity contribution is -0.139. The summed E-state index contributed by atoms with van der Waals surface area (Å²) < 4.78 is 5.47. The summed E-state index contributed by atoms with van der Waals surface area (Å²) in [6, 6.07) is 11.3. The summed E-state index contributed by atoms with van der Waals surface area (Å²) in [4.78, 5) is 35.4. The van der Waals surface area contributed by atoms with E-state index in [9.17, 15) is 14.4 Å². The Morgan fingerprint density at radius 3 is 2.48 bits per heavy atom. The SMILES string of the molecule is CC[C@@H](C)NC(=O)C(=O)N/N=C\c1cccc(OCC(=O)Nc2cc(Cl)cc(Cl)c2)c1. The van der Waals surface area contributed by atoms with Gasteiger partial charge in [-0.1, -0.05) is 42.3 Å². The molecule has 2 aromatic rings. The third-order valence-electron chi connectivity index (χ3n) is 3.95. The van der Waals surface area contributed by atoms with Crippen LogP contribution < -0.4 is 20.8 Å². The maximum Gasteiger partial charge on any atom is 0.329 e. The first-order valence-electron chi connectivity index (χ1n) is 9.39. The molecule has 0 aliphatic rings. The van der Waals surface area contributed by atoms with Crippen LogP contribution in [0.1, 0.15) is 25.8 Å². The van der Waals surface area contributed by atoms with Crippen molar-refractivity contribution < 1.29 is 19.1 Å². The predicted molar refractivity (Wildman–Crippen MR) is 121 cm³/mol. The van der Waals surface area contributed by atoms with E-state index in [1.54, 1.807) is 49.4 Å². The fourth-order valence-electron chi connectivity index (χ4n) is 2.26. The van der Waals surface area contributed by atoms with Gasteiger partial charge in [0.15, 0.2) is 6.61 Å². The molecular formula is C21H22Cl2N4O4. The summed E-state index contributed by atoms with van der Waals surface area (Å²) in [6.45, 7) is 3.45. The Kier molecular flexibility index (Phi) is 9.30. The Bertz CT molecular complexity index is 961. The maximum atomic E-state index is 12.1. The highest BCUT2D eigenvalue weighted by Crippen LogP contribution is 2.22. The van der Waals surface area contributed by atoms with Gasteiger partial charge >= 0.3 is 11.8 Å². The van der Waals surface area contributed by atoms with E-state index in [1.165, 1.54) is 6.21 Å². The zero-order valence-electron chi connectivity index (χ0n) is 16.9. The molecule has 0 spiro atoms. The highest BCUT2D eigenvalue weighted by atomic mass is 35.5. The lowest BCUT2D eigenvalue weighted by Gasteiger charge is -2.09. The van der Waals surface area contributed by atoms with Crippen LogP contribution in [0.4, 0.5) is 5.69 Å². The van der Waals surface area contributed by atoms with E-state index in [1.807, 2.05) is 6.92 Å². The molecule has 0 unspecified atom stereocenters. The zero-order valence-corrected chi connectivity index (χ0v) is 18.5. The van der Waals surface area contributed by atoms with Gasteiger partial charge in [0.05, 0.1) is 6.21 Å². The van der Waals surface area contributed by atoms with Gasteiger partial charge < -0.3 is 15.4 Å². The molecule has 1 atom stereocenters. The van der Waals surface area contributed by atoms with E-state index >= 15 is 0 Å². The molecule has 0 saturated carbocycles. The van der Waals surface area contributed by atoms with Gasteiger partial charge in [-0.3, -0.25) is 14.4 Å². The van der Waals surface area contributed by atoms with Crippen LogP contribution >= 0.6 is 23.2 Å². The monoisotopic (exact) mass is 464 g/mol. The van der Waals surface area contributed by atoms with Crippen molar-refractivity contribution in [1.29, 1.82) is 0 Å². The molecule has 31 heavy (non-hydrogen) atoms. The predicted octanol–water partition coefficient (Wildman–Crippen LogP) is 3.38. The number of amides is 3. The molecule has 0 radical (unpaired) electrons. The molecule has 0 aliphatic heterocycles. The molecule has 0 heterocycles. The average Bonchev–Trinajstić information content (AvgIpc) is 2.71. The summed E-state index contributed by atoms with van der Waals surface area (Å²) in [6.07, 6.45) is 2.06. The molecule has 3 N–H and O–H groups in total. The Labute approximate surface area is 189 Å². The number of nitrogens with one attached hydrogen (secondary N) is 3. The minimum atomic E-state index is -0.859. The normalized spacial score (nSPS) is 11.6. The number of anilines is 1. The summed E-state index contributed by atoms with van der Waals surface area (Å²) >= 11 is 11.8. The second-order valence-electron chi connectivity index (χ2n) is 6.55. The Balaban J connectivity index is 1.85. The van der Waals surface area contributed by atoms with E-state index < -0.39 is 17.7 Å². The molecular weight excluding hydrogens is 443 g/mol. The van der Waals surface area contributed by atoms with Crippen molar-refractivity contribution in [1.82, 2.24) is 10.7 Å². The minimum Gasteiger partial charge on any atom is -0.484 e. The van der Waals surface area contributed by atoms with Gasteiger partial charge in [-0.05, 0) is 49.2 Å². The smallest absolute Gasteiger partial charge is 0.329 e. The molecule has 0 fully saturated rings. The van der Waals surface area contributed by atoms with Crippen molar-refractivity contribution >= 4 is 52.8 Å². The van der Waals surface area contributed by atoms with Gasteiger partial charge in [0.25, 0.3) is 5.91 Å². The molecule has 2 aromatic carbocycles. The largest absolute Gasteiger partial charge is 0.484 e. The standard InChI is InChI=1S/C21H22Cl2N4O4/c1-3-13(2)25-20(29)21(30)27-24-11-14-5-4-6-18(7-14)31-12-19(28)26-17-9-15(22)8-16(23)10-17/h4-11,13H,3,12H2,1-2H3,(H,25,29)(H,26,28)(H,27,30)/b24-11-/t13-/m1/s1. The summed E-state index contributed by atoms with van der Waals surface area (Å²) in [5, 5.41) is 9.74. The number of halogens is 2. The number of hydrogen-bond donors (Lipinski definition) is 3. The average molecular weight is 465 g/mol. The van der Waals surface area contributed by atoms with Crippen LogP contribution in [0.2, 0.25) is 10.0 Å². The van der Waals surface area contributed by atoms with Crippen LogP contribution in [0, 0.1) is 0 Å². The van der Waals surface area contributed by atoms with Crippen molar-refractivity contribution in [2.24, 2.45) is 5.10 Å². The molecule has 3 amide bonds. The van der Waals surface area contributed by atoms with Crippen LogP contribution in [-0.2, 0) is 14.4 Å². The van der Waals surface area contributed by atoms with Crippen LogP contribution in [0.25, 0.3) is 0 Å². The Morgan fingerprint density at radius 1 is 1.10 bits per heavy atom. The molecule has 2 rings (SSSR count). The first-order valence-corrected chi connectivity index (χ1v) is 10.1. The van der Waals surface area contributed by atoms with Gasteiger partial charge in [0, 0.05) is 21.8 Å². The van der Waals surface area contributed by atoms with Gasteiger partial charge in [0.2, 0.25) is 0 Å². The van der Waals surface area contributed by atoms with Crippen molar-refractivity contribution in [3.05, 3.63) is 58.1 Å². The van der Waals surface area contributed by atoms with Gasteiger partial charge in [-0.25, -0.2) is 5.43 Å². The highest BCUT2D eigenvalue weighted by molar-refractivity contribution is 6.35. The number of hydrazone groups is 1. The van der Waals surface area contributed by atoms with E-state index in [-0.39, 0.29) is 12.6 Å². The quantitative estimate of drug-likeness (QED) is 0.316. The van der Waals surface area contributed by atoms with Crippen LogP contribution in [0.3, 0.4) is 0 Å². The van der Waals surface area contributed by atoms with Gasteiger partial charge in [-0.2, -0.15) is 5.10 Å². The third-order valence-corrected chi connectivity index (χ3v) is 4.39. The molecule has 164 valence electrons. The van der Waals surface area contributed by atoms with E-state index in [2.05, 4.69) is 21.2 Å². The first-order chi connectivity index (χ1) is 14.8. The Hall–Kier alpha value is -3.10. The number of hydrogen-bond acceptors (Lipinski definition) is 5. The van der Waals surface area contributed by atoms with Crippen LogP contribution in [0.5, 0.6) is 5.75 Å². The lowest BCUT2D eigenvalue weighted by Crippen LogP contribution is -2.41. The Morgan fingerprint density at radius 2 is 1.81 bits per heavy atom. The number of benzene rings is 2. The fraction of sp³-hybridized carbons (Fsp3) is 0.238. The van der Waals surface area contributed by atoms with Crippen LogP contribution in [-0.4, -0.2) is 36.6 Å². The number of rotatable bonds is 8. The number of carbonyl (C=O) groups excluding carboxylic acids is 3. The van der Waals surface area contributed by atoms with Gasteiger partial charge in [-0.15, -0.1) is 0 Å². The van der Waals surface area contributed by atoms with Crippen molar-refractivity contribution in [3.8, 4) is 5.75 Å². The first kappa shape index (κ1) is 24.2. The number of carbonyl (C=O) groups is 3. The highest BCUT2D eigenvalue weighted by Gasteiger charge is 2.14. The van der Waals surface area contributed by atoms with Crippen molar-refractivity contribution in [2.75, 3.05) is 11.9 Å². The van der Waals surface area contributed by atoms with E-state index in [4.69, 9.17) is 27.9 Å². The molecule has 0 bridgehead atoms. The van der Waals surface area contributed by atoms with Crippen LogP contribution in [0.15, 0.2) is 47.6 Å². The van der Waals surface area contributed by atoms with E-state index in [0.717, 1.165) is 0 Å². The second kappa shape index (κ2) is 11.9. The maximum absolute atomic E-state index is 12.1. The van der Waals surface area contributed by atoms with Gasteiger partial charge in [0.1, 0.15) is 5.75 Å². The molecule has 10 heteroatoms. The third kappa shape index (κ3) is 8.65. The summed E-state index contributed by atoms with van der Waals surface area (Å²) in [7, 11) is 0. The summed E-state index contributed by atoms with van der Waals surface area (Å²) in [5.74, 6) is -1.58. The zero-order chi connectivity index (χ0) is 22.8. The van der Waals surface area contributed by atoms with Crippen molar-refractivity contribution in [3.63, 3.8) is 0 Å². The molecule has 8 nitrogen and oxygen atoms in total. The second-order valence-corrected chi connectivity index (χ2v) is 7.42. The molecule has 0 aromatic heterocycles. The summed E-state index contributed by atoms with van der Waals surface area (Å²) in [5.41, 5.74) is 3.22. The number of ether oxygens (including phenoxy) is 1. The molecule has 0 saturated heterocycles. The fourth-order valence-corrected chi connectivity index (χ4v) is 2.79.